The minimum absolute atomic E-state index is 0.0201. The third kappa shape index (κ3) is 5.81. The number of hydrogen-bond acceptors (Lipinski definition) is 4. The minimum Gasteiger partial charge on any atom is -0.378 e. The van der Waals surface area contributed by atoms with E-state index in [1.165, 1.54) is 12.1 Å². The fourth-order valence-electron chi connectivity index (χ4n) is 3.91. The van der Waals surface area contributed by atoms with Gasteiger partial charge in [-0.2, -0.15) is 13.2 Å². The van der Waals surface area contributed by atoms with Crippen molar-refractivity contribution in [2.24, 2.45) is 0 Å². The molecule has 1 aromatic rings. The second-order valence-electron chi connectivity index (χ2n) is 7.32. The smallest absolute Gasteiger partial charge is 0.378 e. The summed E-state index contributed by atoms with van der Waals surface area (Å²) < 4.78 is 58.2. The summed E-state index contributed by atoms with van der Waals surface area (Å²) in [5.74, 6) is -1.03. The lowest BCUT2D eigenvalue weighted by atomic mass is 10.0. The Bertz CT molecular complexity index is 693. The quantitative estimate of drug-likeness (QED) is 0.695. The van der Waals surface area contributed by atoms with E-state index in [9.17, 15) is 22.4 Å². The number of benzene rings is 1. The number of alkyl halides is 3. The van der Waals surface area contributed by atoms with Crippen LogP contribution >= 0.6 is 11.6 Å². The number of carbonyl (C=O) groups is 1. The highest BCUT2D eigenvalue weighted by Gasteiger charge is 2.38. The van der Waals surface area contributed by atoms with E-state index in [2.05, 4.69) is 5.32 Å². The Morgan fingerprint density at radius 2 is 2.00 bits per heavy atom. The van der Waals surface area contributed by atoms with Crippen molar-refractivity contribution in [3.05, 3.63) is 34.6 Å². The van der Waals surface area contributed by atoms with Gasteiger partial charge in [-0.3, -0.25) is 14.6 Å². The zero-order valence-corrected chi connectivity index (χ0v) is 16.6. The molecule has 2 fully saturated rings. The maximum Gasteiger partial charge on any atom is 0.401 e. The van der Waals surface area contributed by atoms with Gasteiger partial charge in [-0.05, 0) is 38.1 Å². The van der Waals surface area contributed by atoms with Gasteiger partial charge in [0.1, 0.15) is 11.9 Å². The van der Waals surface area contributed by atoms with Crippen molar-refractivity contribution in [2.45, 2.75) is 31.1 Å². The molecule has 0 unspecified atom stereocenters. The van der Waals surface area contributed by atoms with Gasteiger partial charge >= 0.3 is 6.18 Å². The van der Waals surface area contributed by atoms with Crippen molar-refractivity contribution < 1.29 is 27.1 Å². The van der Waals surface area contributed by atoms with Gasteiger partial charge in [0.15, 0.2) is 0 Å². The zero-order chi connectivity index (χ0) is 21.0. The number of nitrogens with zero attached hydrogens (tertiary/aromatic N) is 2. The number of morpholine rings is 1. The molecule has 0 radical (unpaired) electrons. The monoisotopic (exact) mass is 437 g/mol. The number of ether oxygens (including phenoxy) is 1. The number of hydrogen-bond donors (Lipinski definition) is 1. The molecule has 0 aliphatic carbocycles. The van der Waals surface area contributed by atoms with Crippen LogP contribution in [0.5, 0.6) is 0 Å². The van der Waals surface area contributed by atoms with E-state index in [4.69, 9.17) is 16.3 Å². The van der Waals surface area contributed by atoms with Crippen LogP contribution in [0.3, 0.4) is 0 Å². The Morgan fingerprint density at radius 1 is 1.28 bits per heavy atom. The van der Waals surface area contributed by atoms with Crippen molar-refractivity contribution in [3.63, 3.8) is 0 Å². The van der Waals surface area contributed by atoms with E-state index in [1.807, 2.05) is 4.90 Å². The molecule has 10 heteroatoms. The van der Waals surface area contributed by atoms with Crippen LogP contribution < -0.4 is 5.32 Å². The van der Waals surface area contributed by atoms with Crippen molar-refractivity contribution in [2.75, 3.05) is 45.9 Å². The van der Waals surface area contributed by atoms with E-state index >= 15 is 0 Å². The average Bonchev–Trinajstić information content (AvgIpc) is 3.17. The maximum atomic E-state index is 14.5. The summed E-state index contributed by atoms with van der Waals surface area (Å²) in [5.41, 5.74) is 0.295. The number of halogens is 5. The van der Waals surface area contributed by atoms with Gasteiger partial charge in [-0.1, -0.05) is 17.7 Å². The standard InChI is InChI=1S/C19H24ClF4N3O2/c20-13-4-3-5-14(21)17(13)15(26-6-1-2-7-26)10-25-18(28)16-11-29-9-8-27(16)12-19(22,23)24/h3-5,15-16H,1-2,6-12H2,(H,25,28)/t15-,16-/m0/s1. The zero-order valence-electron chi connectivity index (χ0n) is 15.9. The molecule has 3 rings (SSSR count). The minimum atomic E-state index is -4.41. The van der Waals surface area contributed by atoms with Crippen LogP contribution in [-0.4, -0.2) is 73.9 Å². The molecule has 29 heavy (non-hydrogen) atoms. The van der Waals surface area contributed by atoms with Gasteiger partial charge < -0.3 is 10.1 Å². The summed E-state index contributed by atoms with van der Waals surface area (Å²) in [6.07, 6.45) is -2.51. The van der Waals surface area contributed by atoms with Crippen LogP contribution in [0.1, 0.15) is 24.4 Å². The highest BCUT2D eigenvalue weighted by Crippen LogP contribution is 2.32. The van der Waals surface area contributed by atoms with Gasteiger partial charge in [-0.25, -0.2) is 4.39 Å². The molecule has 1 amide bonds. The van der Waals surface area contributed by atoms with Crippen LogP contribution in [0.25, 0.3) is 0 Å². The number of carbonyl (C=O) groups excluding carboxylic acids is 1. The summed E-state index contributed by atoms with van der Waals surface area (Å²) in [7, 11) is 0. The van der Waals surface area contributed by atoms with Crippen molar-refractivity contribution in [3.8, 4) is 0 Å². The number of rotatable bonds is 6. The largest absolute Gasteiger partial charge is 0.401 e. The molecule has 2 aliphatic heterocycles. The van der Waals surface area contributed by atoms with Crippen LogP contribution in [0.2, 0.25) is 5.02 Å². The topological polar surface area (TPSA) is 44.8 Å². The fraction of sp³-hybridized carbons (Fsp3) is 0.632. The van der Waals surface area contributed by atoms with E-state index in [-0.39, 0.29) is 31.3 Å². The SMILES string of the molecule is O=C(NC[C@@H](c1c(F)cccc1Cl)N1CCCC1)[C@@H]1COCCN1CC(F)(F)F. The lowest BCUT2D eigenvalue weighted by Crippen LogP contribution is -2.56. The molecule has 2 atom stereocenters. The molecule has 162 valence electrons. The maximum absolute atomic E-state index is 14.5. The van der Waals surface area contributed by atoms with Crippen molar-refractivity contribution in [1.82, 2.24) is 15.1 Å². The molecule has 0 saturated carbocycles. The Kier molecular flexibility index (Phi) is 7.37. The molecule has 0 spiro atoms. The third-order valence-corrected chi connectivity index (χ3v) is 5.64. The lowest BCUT2D eigenvalue weighted by Gasteiger charge is -2.35. The molecule has 0 aromatic heterocycles. The molecule has 1 aromatic carbocycles. The van der Waals surface area contributed by atoms with Crippen molar-refractivity contribution in [1.29, 1.82) is 0 Å². The van der Waals surface area contributed by atoms with Crippen LogP contribution in [0, 0.1) is 5.82 Å². The molecule has 1 N–H and O–H groups in total. The van der Waals surface area contributed by atoms with E-state index in [0.717, 1.165) is 30.8 Å². The third-order valence-electron chi connectivity index (χ3n) is 5.31. The molecule has 5 nitrogen and oxygen atoms in total. The first-order valence-electron chi connectivity index (χ1n) is 9.60. The fourth-order valence-corrected chi connectivity index (χ4v) is 4.20. The lowest BCUT2D eigenvalue weighted by molar-refractivity contribution is -0.166. The Labute approximate surface area is 171 Å². The first-order valence-corrected chi connectivity index (χ1v) is 9.98. The van der Waals surface area contributed by atoms with E-state index in [1.54, 1.807) is 6.07 Å². The first kappa shape index (κ1) is 22.3. The normalized spacial score (nSPS) is 22.6. The van der Waals surface area contributed by atoms with E-state index < -0.39 is 36.5 Å². The Morgan fingerprint density at radius 3 is 2.66 bits per heavy atom. The van der Waals surface area contributed by atoms with E-state index in [0.29, 0.717) is 5.56 Å². The second kappa shape index (κ2) is 9.59. The van der Waals surface area contributed by atoms with Crippen molar-refractivity contribution >= 4 is 17.5 Å². The average molecular weight is 438 g/mol. The predicted octanol–water partition coefficient (Wildman–Crippen LogP) is 3.00. The number of amides is 1. The highest BCUT2D eigenvalue weighted by atomic mass is 35.5. The summed E-state index contributed by atoms with van der Waals surface area (Å²) in [5, 5.41) is 2.96. The van der Waals surface area contributed by atoms with Gasteiger partial charge in [-0.15, -0.1) is 0 Å². The van der Waals surface area contributed by atoms with Crippen LogP contribution in [0.15, 0.2) is 18.2 Å². The van der Waals surface area contributed by atoms with Crippen LogP contribution in [0.4, 0.5) is 17.6 Å². The molecule has 0 bridgehead atoms. The van der Waals surface area contributed by atoms with Gasteiger partial charge in [0, 0.05) is 23.7 Å². The summed E-state index contributed by atoms with van der Waals surface area (Å²) in [6, 6.07) is 2.88. The molecule has 2 heterocycles. The molecule has 2 aliphatic rings. The Balaban J connectivity index is 1.72. The van der Waals surface area contributed by atoms with Gasteiger partial charge in [0.25, 0.3) is 0 Å². The molecular weight excluding hydrogens is 414 g/mol. The predicted molar refractivity (Wildman–Crippen MR) is 100 cm³/mol. The van der Waals surface area contributed by atoms with Crippen LogP contribution in [-0.2, 0) is 9.53 Å². The van der Waals surface area contributed by atoms with Gasteiger partial charge in [0.05, 0.1) is 25.8 Å². The summed E-state index contributed by atoms with van der Waals surface area (Å²) >= 11 is 6.23. The highest BCUT2D eigenvalue weighted by molar-refractivity contribution is 6.31. The summed E-state index contributed by atoms with van der Waals surface area (Å²) in [6.45, 7) is 0.388. The van der Waals surface area contributed by atoms with Gasteiger partial charge in [0.2, 0.25) is 5.91 Å². The Hall–Kier alpha value is -1.42. The number of likely N-dealkylation sites (tertiary alicyclic amines) is 1. The molecular formula is C19H24ClF4N3O2. The second-order valence-corrected chi connectivity index (χ2v) is 7.72. The molecule has 2 saturated heterocycles. The first-order chi connectivity index (χ1) is 13.8. The summed E-state index contributed by atoms with van der Waals surface area (Å²) in [4.78, 5) is 15.8. The number of nitrogens with one attached hydrogen (secondary N) is 1.